The second-order valence-corrected chi connectivity index (χ2v) is 7.36. The molecule has 10 heteroatoms. The molecule has 4 rings (SSSR count). The molecule has 2 aromatic heterocycles. The van der Waals surface area contributed by atoms with Crippen molar-refractivity contribution in [3.05, 3.63) is 71.1 Å². The molecule has 1 aromatic carbocycles. The molecule has 1 aliphatic carbocycles. The first-order chi connectivity index (χ1) is 14.7. The molecule has 0 fully saturated rings. The third-order valence-corrected chi connectivity index (χ3v) is 5.10. The Balaban J connectivity index is 0.000000339. The minimum Gasteiger partial charge on any atom is -0.475 e. The van der Waals surface area contributed by atoms with Crippen molar-refractivity contribution < 1.29 is 23.1 Å². The molecule has 31 heavy (non-hydrogen) atoms. The SMILES string of the molecule is Cc1nccn1Cc1cccc(CNC2CCCc3cn[nH]c32)c1.O=C(O)C(F)(F)F. The monoisotopic (exact) mass is 435 g/mol. The maximum Gasteiger partial charge on any atom is 0.490 e. The molecule has 0 spiro atoms. The van der Waals surface area contributed by atoms with Crippen LogP contribution < -0.4 is 5.32 Å². The highest BCUT2D eigenvalue weighted by Crippen LogP contribution is 2.27. The number of halogens is 3. The average Bonchev–Trinajstić information content (AvgIpc) is 3.36. The Morgan fingerprint density at radius 1 is 1.35 bits per heavy atom. The second kappa shape index (κ2) is 9.78. The van der Waals surface area contributed by atoms with Crippen LogP contribution >= 0.6 is 0 Å². The molecule has 3 aromatic rings. The summed E-state index contributed by atoms with van der Waals surface area (Å²) < 4.78 is 33.9. The van der Waals surface area contributed by atoms with Crippen LogP contribution in [0.4, 0.5) is 13.2 Å². The van der Waals surface area contributed by atoms with Crippen LogP contribution in [0.15, 0.2) is 42.9 Å². The summed E-state index contributed by atoms with van der Waals surface area (Å²) in [6.45, 7) is 3.78. The van der Waals surface area contributed by atoms with E-state index in [9.17, 15) is 13.2 Å². The van der Waals surface area contributed by atoms with Gasteiger partial charge in [-0.25, -0.2) is 9.78 Å². The van der Waals surface area contributed by atoms with E-state index >= 15 is 0 Å². The average molecular weight is 435 g/mol. The van der Waals surface area contributed by atoms with Gasteiger partial charge in [-0.3, -0.25) is 5.10 Å². The fraction of sp³-hybridized carbons (Fsp3) is 0.381. The van der Waals surface area contributed by atoms with Crippen LogP contribution in [0, 0.1) is 6.92 Å². The molecule has 0 saturated carbocycles. The third-order valence-electron chi connectivity index (χ3n) is 5.10. The number of aromatic nitrogens is 4. The Morgan fingerprint density at radius 3 is 2.77 bits per heavy atom. The predicted octanol–water partition coefficient (Wildman–Crippen LogP) is 3.76. The van der Waals surface area contributed by atoms with Gasteiger partial charge in [-0.2, -0.15) is 18.3 Å². The number of hydrogen-bond donors (Lipinski definition) is 3. The number of imidazole rings is 1. The van der Waals surface area contributed by atoms with Gasteiger partial charge in [0.25, 0.3) is 0 Å². The lowest BCUT2D eigenvalue weighted by Gasteiger charge is -2.23. The highest BCUT2D eigenvalue weighted by molar-refractivity contribution is 5.73. The molecule has 0 bridgehead atoms. The summed E-state index contributed by atoms with van der Waals surface area (Å²) in [7, 11) is 0. The van der Waals surface area contributed by atoms with E-state index in [0.717, 1.165) is 25.3 Å². The topological polar surface area (TPSA) is 95.8 Å². The van der Waals surface area contributed by atoms with Crippen LogP contribution in [0.1, 0.15) is 47.1 Å². The first kappa shape index (κ1) is 22.5. The summed E-state index contributed by atoms with van der Waals surface area (Å²) in [5, 5.41) is 18.2. The second-order valence-electron chi connectivity index (χ2n) is 7.36. The van der Waals surface area contributed by atoms with Crippen molar-refractivity contribution >= 4 is 5.97 Å². The molecule has 7 nitrogen and oxygen atoms in total. The molecule has 166 valence electrons. The van der Waals surface area contributed by atoms with Crippen LogP contribution in [-0.2, 0) is 24.3 Å². The van der Waals surface area contributed by atoms with Gasteiger partial charge in [0.15, 0.2) is 0 Å². The Kier molecular flexibility index (Phi) is 7.11. The number of rotatable bonds is 5. The van der Waals surface area contributed by atoms with Crippen molar-refractivity contribution in [1.82, 2.24) is 25.1 Å². The molecule has 1 atom stereocenters. The van der Waals surface area contributed by atoms with Gasteiger partial charge in [-0.15, -0.1) is 0 Å². The summed E-state index contributed by atoms with van der Waals surface area (Å²) in [5.41, 5.74) is 5.26. The van der Waals surface area contributed by atoms with Crippen molar-refractivity contribution in [2.75, 3.05) is 0 Å². The number of nitrogens with one attached hydrogen (secondary N) is 2. The Labute approximate surface area is 177 Å². The fourth-order valence-corrected chi connectivity index (χ4v) is 3.51. The number of alkyl halides is 3. The number of H-pyrrole nitrogens is 1. The quantitative estimate of drug-likeness (QED) is 0.567. The normalized spacial score (nSPS) is 15.7. The van der Waals surface area contributed by atoms with Gasteiger partial charge >= 0.3 is 12.1 Å². The zero-order valence-electron chi connectivity index (χ0n) is 17.0. The predicted molar refractivity (Wildman–Crippen MR) is 107 cm³/mol. The summed E-state index contributed by atoms with van der Waals surface area (Å²) in [4.78, 5) is 13.2. The number of benzene rings is 1. The van der Waals surface area contributed by atoms with E-state index < -0.39 is 12.1 Å². The van der Waals surface area contributed by atoms with E-state index in [2.05, 4.69) is 49.3 Å². The highest BCUT2D eigenvalue weighted by atomic mass is 19.4. The van der Waals surface area contributed by atoms with Gasteiger partial charge in [0.2, 0.25) is 0 Å². The number of aryl methyl sites for hydroxylation is 2. The Morgan fingerprint density at radius 2 is 2.10 bits per heavy atom. The molecule has 1 aliphatic rings. The van der Waals surface area contributed by atoms with E-state index in [1.807, 2.05) is 25.5 Å². The lowest BCUT2D eigenvalue weighted by Crippen LogP contribution is -2.24. The molecule has 0 saturated heterocycles. The van der Waals surface area contributed by atoms with Crippen LogP contribution in [0.25, 0.3) is 0 Å². The Bertz CT molecular complexity index is 1010. The van der Waals surface area contributed by atoms with E-state index in [0.29, 0.717) is 6.04 Å². The van der Waals surface area contributed by atoms with Crippen molar-refractivity contribution in [3.63, 3.8) is 0 Å². The number of aliphatic carboxylic acids is 1. The summed E-state index contributed by atoms with van der Waals surface area (Å²) in [6.07, 6.45) is 4.31. The fourth-order valence-electron chi connectivity index (χ4n) is 3.51. The lowest BCUT2D eigenvalue weighted by atomic mass is 9.93. The van der Waals surface area contributed by atoms with Gasteiger partial charge in [-0.05, 0) is 42.9 Å². The van der Waals surface area contributed by atoms with Crippen LogP contribution in [0.2, 0.25) is 0 Å². The van der Waals surface area contributed by atoms with Crippen molar-refractivity contribution in [3.8, 4) is 0 Å². The zero-order chi connectivity index (χ0) is 22.4. The Hall–Kier alpha value is -3.14. The molecule has 0 radical (unpaired) electrons. The number of carboxylic acids is 1. The number of carbonyl (C=O) groups is 1. The van der Waals surface area contributed by atoms with Crippen LogP contribution in [0.5, 0.6) is 0 Å². The number of hydrogen-bond acceptors (Lipinski definition) is 4. The molecule has 3 N–H and O–H groups in total. The van der Waals surface area contributed by atoms with E-state index in [-0.39, 0.29) is 0 Å². The molecular formula is C21H24F3N5O2. The van der Waals surface area contributed by atoms with Gasteiger partial charge in [0.1, 0.15) is 5.82 Å². The highest BCUT2D eigenvalue weighted by Gasteiger charge is 2.38. The summed E-state index contributed by atoms with van der Waals surface area (Å²) in [5.74, 6) is -1.71. The maximum absolute atomic E-state index is 10.6. The number of aromatic amines is 1. The smallest absolute Gasteiger partial charge is 0.475 e. The molecular weight excluding hydrogens is 411 g/mol. The summed E-state index contributed by atoms with van der Waals surface area (Å²) >= 11 is 0. The van der Waals surface area contributed by atoms with Gasteiger partial charge in [0, 0.05) is 31.5 Å². The molecule has 2 heterocycles. The van der Waals surface area contributed by atoms with Gasteiger partial charge in [0.05, 0.1) is 11.9 Å². The van der Waals surface area contributed by atoms with E-state index in [1.54, 1.807) is 0 Å². The summed E-state index contributed by atoms with van der Waals surface area (Å²) in [6, 6.07) is 9.17. The number of carboxylic acid groups (broad SMARTS) is 1. The largest absolute Gasteiger partial charge is 0.490 e. The van der Waals surface area contributed by atoms with Crippen molar-refractivity contribution in [2.24, 2.45) is 0 Å². The van der Waals surface area contributed by atoms with Crippen LogP contribution in [0.3, 0.4) is 0 Å². The lowest BCUT2D eigenvalue weighted by molar-refractivity contribution is -0.192. The van der Waals surface area contributed by atoms with Crippen LogP contribution in [-0.4, -0.2) is 37.0 Å². The standard InChI is InChI=1S/C19H23N5.C2HF3O2/c1-14-20-8-9-24(14)13-16-5-2-4-15(10-16)11-21-18-7-3-6-17-12-22-23-19(17)18;3-2(4,5)1(6)7/h2,4-5,8-10,12,18,21H,3,6-7,11,13H2,1H3,(H,22,23);(H,6,7). The number of fused-ring (bicyclic) bond motifs is 1. The van der Waals surface area contributed by atoms with E-state index in [4.69, 9.17) is 9.90 Å². The molecule has 1 unspecified atom stereocenters. The maximum atomic E-state index is 10.6. The first-order valence-corrected chi connectivity index (χ1v) is 9.85. The van der Waals surface area contributed by atoms with Crippen molar-refractivity contribution in [2.45, 2.75) is 51.5 Å². The van der Waals surface area contributed by atoms with Gasteiger partial charge in [-0.1, -0.05) is 24.3 Å². The third kappa shape index (κ3) is 6.17. The molecule has 0 amide bonds. The minimum atomic E-state index is -5.08. The zero-order valence-corrected chi connectivity index (χ0v) is 17.0. The minimum absolute atomic E-state index is 0.385. The van der Waals surface area contributed by atoms with Crippen molar-refractivity contribution in [1.29, 1.82) is 0 Å². The number of nitrogens with zero attached hydrogens (tertiary/aromatic N) is 3. The van der Waals surface area contributed by atoms with E-state index in [1.165, 1.54) is 35.2 Å². The first-order valence-electron chi connectivity index (χ1n) is 9.85. The van der Waals surface area contributed by atoms with Gasteiger partial charge < -0.3 is 15.0 Å². The molecule has 0 aliphatic heterocycles.